The Morgan fingerprint density at radius 2 is 1.64 bits per heavy atom. The molecule has 6 atom stereocenters. The van der Waals surface area contributed by atoms with Gasteiger partial charge in [0.1, 0.15) is 22.8 Å². The average molecular weight is 615 g/mol. The molecule has 2 aromatic carbocycles. The Labute approximate surface area is 248 Å². The number of amides is 1. The van der Waals surface area contributed by atoms with Gasteiger partial charge in [-0.05, 0) is 43.3 Å². The van der Waals surface area contributed by atoms with Gasteiger partial charge in [0.25, 0.3) is 5.91 Å². The molecule has 7 N–H and O–H groups in total. The predicted molar refractivity (Wildman–Crippen MR) is 151 cm³/mol. The molecule has 6 unspecified atom stereocenters. The standard InChI is InChI=1S/C31H29F3N2O8/c1-12-16-11-8-14(7-4-13-5-9-15(10-6-13)31(32,33)34)23(37)18(16)24(38)19-17(12)25(39)21-22(36(2)3)26(40)20(29(35)43)28(42)30(21,44)27(19)41/h4-12,17,21-22,25,37-39,42,44H,1-3H3,(H2,35,43)/b7-4+. The lowest BCUT2D eigenvalue weighted by Crippen LogP contribution is -2.70. The van der Waals surface area contributed by atoms with Gasteiger partial charge in [0.05, 0.1) is 29.2 Å². The number of likely N-dealkylation sites (N-methyl/N-ethyl adjacent to an activating group) is 1. The summed E-state index contributed by atoms with van der Waals surface area (Å²) < 4.78 is 38.7. The van der Waals surface area contributed by atoms with E-state index in [4.69, 9.17) is 5.73 Å². The molecule has 0 radical (unpaired) electrons. The number of nitrogens with two attached hydrogens (primary N) is 1. The van der Waals surface area contributed by atoms with Crippen LogP contribution in [0, 0.1) is 11.8 Å². The largest absolute Gasteiger partial charge is 0.508 e. The second kappa shape index (κ2) is 10.3. The molecule has 44 heavy (non-hydrogen) atoms. The van der Waals surface area contributed by atoms with E-state index in [-0.39, 0.29) is 11.1 Å². The monoisotopic (exact) mass is 614 g/mol. The van der Waals surface area contributed by atoms with E-state index in [1.54, 1.807) is 6.92 Å². The lowest BCUT2D eigenvalue weighted by atomic mass is 9.54. The molecule has 5 rings (SSSR count). The zero-order valence-electron chi connectivity index (χ0n) is 23.6. The van der Waals surface area contributed by atoms with Gasteiger partial charge in [0.2, 0.25) is 5.78 Å². The minimum atomic E-state index is -4.51. The van der Waals surface area contributed by atoms with Gasteiger partial charge in [-0.25, -0.2) is 0 Å². The maximum absolute atomic E-state index is 14.1. The van der Waals surface area contributed by atoms with Crippen molar-refractivity contribution < 1.29 is 53.1 Å². The summed E-state index contributed by atoms with van der Waals surface area (Å²) in [5.74, 6) is -9.96. The fourth-order valence-electron chi connectivity index (χ4n) is 6.74. The molecule has 3 aliphatic carbocycles. The van der Waals surface area contributed by atoms with Crippen molar-refractivity contribution in [3.63, 3.8) is 0 Å². The number of hydrogen-bond donors (Lipinski definition) is 6. The molecule has 0 heterocycles. The van der Waals surface area contributed by atoms with Crippen molar-refractivity contribution in [2.24, 2.45) is 17.6 Å². The average Bonchev–Trinajstić information content (AvgIpc) is 2.93. The molecule has 10 nitrogen and oxygen atoms in total. The molecule has 1 fully saturated rings. The summed E-state index contributed by atoms with van der Waals surface area (Å²) in [6.07, 6.45) is -3.41. The quantitative estimate of drug-likeness (QED) is 0.223. The molecule has 0 aliphatic heterocycles. The van der Waals surface area contributed by atoms with Gasteiger partial charge in [-0.1, -0.05) is 43.3 Å². The van der Waals surface area contributed by atoms with Crippen LogP contribution in [-0.2, 0) is 20.6 Å². The van der Waals surface area contributed by atoms with Crippen LogP contribution in [0.3, 0.4) is 0 Å². The Hall–Kier alpha value is -4.46. The number of nitrogens with zero attached hydrogens (tertiary/aromatic N) is 1. The summed E-state index contributed by atoms with van der Waals surface area (Å²) in [4.78, 5) is 40.7. The van der Waals surface area contributed by atoms with E-state index >= 15 is 0 Å². The highest BCUT2D eigenvalue weighted by molar-refractivity contribution is 6.24. The number of aromatic hydroxyl groups is 1. The number of carbonyl (C=O) groups excluding carboxylic acids is 3. The molecule has 1 saturated carbocycles. The van der Waals surface area contributed by atoms with Crippen molar-refractivity contribution in [1.29, 1.82) is 0 Å². The van der Waals surface area contributed by atoms with Crippen molar-refractivity contribution in [1.82, 2.24) is 4.90 Å². The fraction of sp³-hybridized carbons (Fsp3) is 0.323. The molecule has 3 aliphatic rings. The minimum Gasteiger partial charge on any atom is -0.508 e. The highest BCUT2D eigenvalue weighted by atomic mass is 19.4. The van der Waals surface area contributed by atoms with Crippen LogP contribution in [0.4, 0.5) is 13.2 Å². The van der Waals surface area contributed by atoms with Crippen LogP contribution >= 0.6 is 0 Å². The summed E-state index contributed by atoms with van der Waals surface area (Å²) >= 11 is 0. The summed E-state index contributed by atoms with van der Waals surface area (Å²) in [5.41, 5.74) is 0.530. The Kier molecular flexibility index (Phi) is 7.27. The lowest BCUT2D eigenvalue weighted by molar-refractivity contribution is -0.169. The Balaban J connectivity index is 1.64. The minimum absolute atomic E-state index is 0.122. The smallest absolute Gasteiger partial charge is 0.416 e. The number of primary amides is 1. The highest BCUT2D eigenvalue weighted by Gasteiger charge is 2.68. The molecule has 13 heteroatoms. The number of rotatable bonds is 4. The van der Waals surface area contributed by atoms with Crippen molar-refractivity contribution >= 4 is 35.4 Å². The molecule has 0 aromatic heterocycles. The van der Waals surface area contributed by atoms with Crippen LogP contribution in [0.25, 0.3) is 17.9 Å². The second-order valence-corrected chi connectivity index (χ2v) is 11.5. The third-order valence-corrected chi connectivity index (χ3v) is 8.85. The molecular weight excluding hydrogens is 585 g/mol. The van der Waals surface area contributed by atoms with Gasteiger partial charge in [0.15, 0.2) is 11.4 Å². The number of ketones is 2. The lowest BCUT2D eigenvalue weighted by Gasteiger charge is -2.53. The number of alkyl halides is 3. The van der Waals surface area contributed by atoms with Gasteiger partial charge < -0.3 is 31.3 Å². The van der Waals surface area contributed by atoms with Crippen molar-refractivity contribution in [2.45, 2.75) is 36.8 Å². The summed E-state index contributed by atoms with van der Waals surface area (Å²) in [7, 11) is 2.84. The molecule has 1 amide bonds. The first-order chi connectivity index (χ1) is 20.4. The predicted octanol–water partition coefficient (Wildman–Crippen LogP) is 2.69. The summed E-state index contributed by atoms with van der Waals surface area (Å²) in [6.45, 7) is 1.60. The van der Waals surface area contributed by atoms with Crippen LogP contribution in [0.5, 0.6) is 5.75 Å². The highest BCUT2D eigenvalue weighted by Crippen LogP contribution is 2.56. The summed E-state index contributed by atoms with van der Waals surface area (Å²) in [5, 5.41) is 57.0. The summed E-state index contributed by atoms with van der Waals surface area (Å²) in [6, 6.07) is 5.82. The van der Waals surface area contributed by atoms with E-state index in [1.807, 2.05) is 0 Å². The number of phenols is 1. The van der Waals surface area contributed by atoms with Gasteiger partial charge in [-0.2, -0.15) is 13.2 Å². The van der Waals surface area contributed by atoms with Gasteiger partial charge in [-0.15, -0.1) is 0 Å². The number of aliphatic hydroxyl groups is 4. The zero-order valence-corrected chi connectivity index (χ0v) is 23.6. The third kappa shape index (κ3) is 4.33. The van der Waals surface area contributed by atoms with E-state index in [0.29, 0.717) is 11.1 Å². The van der Waals surface area contributed by atoms with E-state index in [1.165, 1.54) is 55.4 Å². The second-order valence-electron chi connectivity index (χ2n) is 11.5. The number of carbonyl (C=O) groups is 3. The number of benzene rings is 2. The SMILES string of the molecule is CC1c2ccc(/C=C/c3ccc(C(F)(F)F)cc3)c(O)c2C(O)=C2C(=O)C3(O)C(O)=C(C(N)=O)C(=O)C(N(C)C)C3C(O)C21. The third-order valence-electron chi connectivity index (χ3n) is 8.85. The Morgan fingerprint density at radius 1 is 1.02 bits per heavy atom. The molecule has 2 aromatic rings. The van der Waals surface area contributed by atoms with Crippen molar-refractivity contribution in [3.8, 4) is 5.75 Å². The van der Waals surface area contributed by atoms with Crippen LogP contribution in [0.1, 0.15) is 40.7 Å². The normalized spacial score (nSPS) is 28.8. The van der Waals surface area contributed by atoms with Gasteiger partial charge in [0, 0.05) is 17.1 Å². The first-order valence-electron chi connectivity index (χ1n) is 13.5. The van der Waals surface area contributed by atoms with Crippen LogP contribution in [0.15, 0.2) is 53.3 Å². The number of hydrogen-bond acceptors (Lipinski definition) is 9. The number of halogens is 3. The van der Waals surface area contributed by atoms with Gasteiger partial charge >= 0.3 is 6.18 Å². The van der Waals surface area contributed by atoms with E-state index < -0.39 is 93.1 Å². The molecule has 232 valence electrons. The Morgan fingerprint density at radius 3 is 2.18 bits per heavy atom. The Bertz CT molecular complexity index is 1690. The number of phenolic OH excluding ortho intramolecular Hbond substituents is 1. The molecule has 0 spiro atoms. The number of Topliss-reactive ketones (excluding diaryl/α,β-unsaturated/α-hetero) is 2. The molecule has 0 saturated heterocycles. The topological polar surface area (TPSA) is 182 Å². The number of aliphatic hydroxyl groups excluding tert-OH is 3. The fourth-order valence-corrected chi connectivity index (χ4v) is 6.74. The van der Waals surface area contributed by atoms with Crippen LogP contribution in [0.2, 0.25) is 0 Å². The van der Waals surface area contributed by atoms with E-state index in [9.17, 15) is 53.1 Å². The van der Waals surface area contributed by atoms with E-state index in [0.717, 1.165) is 12.1 Å². The van der Waals surface area contributed by atoms with Crippen LogP contribution < -0.4 is 5.73 Å². The first-order valence-corrected chi connectivity index (χ1v) is 13.5. The zero-order chi connectivity index (χ0) is 32.6. The number of fused-ring (bicyclic) bond motifs is 3. The van der Waals surface area contributed by atoms with Crippen molar-refractivity contribution in [2.75, 3.05) is 14.1 Å². The van der Waals surface area contributed by atoms with Crippen molar-refractivity contribution in [3.05, 3.63) is 81.1 Å². The first kappa shape index (κ1) is 31.0. The maximum Gasteiger partial charge on any atom is 0.416 e. The maximum atomic E-state index is 14.1. The van der Waals surface area contributed by atoms with Crippen LogP contribution in [-0.4, -0.2) is 79.7 Å². The van der Waals surface area contributed by atoms with E-state index in [2.05, 4.69) is 0 Å². The molecular formula is C31H29F3N2O8. The molecule has 0 bridgehead atoms. The van der Waals surface area contributed by atoms with Gasteiger partial charge in [-0.3, -0.25) is 19.3 Å².